The number of ether oxygens (including phenoxy) is 1. The van der Waals surface area contributed by atoms with Crippen molar-refractivity contribution in [1.82, 2.24) is 0 Å². The van der Waals surface area contributed by atoms with Crippen LogP contribution in [-0.2, 0) is 12.8 Å². The van der Waals surface area contributed by atoms with Crippen LogP contribution in [0.25, 0.3) is 0 Å². The van der Waals surface area contributed by atoms with Crippen molar-refractivity contribution in [2.45, 2.75) is 53.1 Å². The van der Waals surface area contributed by atoms with Crippen LogP contribution in [0.3, 0.4) is 0 Å². The highest BCUT2D eigenvalue weighted by molar-refractivity contribution is 9.10. The number of halogens is 1. The molecule has 112 valence electrons. The van der Waals surface area contributed by atoms with E-state index in [-0.39, 0.29) is 11.5 Å². The molecular formula is C17H25BrO2. The molecule has 1 aliphatic rings. The molecule has 0 aliphatic carbocycles. The first-order chi connectivity index (χ1) is 9.27. The Hall–Kier alpha value is -0.540. The number of aliphatic hydroxyl groups is 1. The lowest BCUT2D eigenvalue weighted by atomic mass is 9.78. The third-order valence-corrected chi connectivity index (χ3v) is 4.84. The molecule has 2 atom stereocenters. The number of rotatable bonds is 4. The maximum absolute atomic E-state index is 10.4. The van der Waals surface area contributed by atoms with Crippen molar-refractivity contribution in [1.29, 1.82) is 0 Å². The van der Waals surface area contributed by atoms with Gasteiger partial charge in [0.1, 0.15) is 5.75 Å². The van der Waals surface area contributed by atoms with Crippen molar-refractivity contribution in [2.24, 2.45) is 11.3 Å². The average molecular weight is 341 g/mol. The first-order valence-electron chi connectivity index (χ1n) is 7.39. The van der Waals surface area contributed by atoms with Crippen molar-refractivity contribution in [2.75, 3.05) is 6.61 Å². The molecule has 1 heterocycles. The summed E-state index contributed by atoms with van der Waals surface area (Å²) in [6.45, 7) is 9.65. The molecule has 1 aliphatic heterocycles. The summed E-state index contributed by atoms with van der Waals surface area (Å²) in [4.78, 5) is 0. The Morgan fingerprint density at radius 3 is 2.70 bits per heavy atom. The SMILES string of the molecule is CC(CC(O)Cc1cc(Br)cc2c1OCC2)C(C)(C)C. The second-order valence-electron chi connectivity index (χ2n) is 7.01. The lowest BCUT2D eigenvalue weighted by Gasteiger charge is -2.29. The van der Waals surface area contributed by atoms with E-state index in [1.165, 1.54) is 5.56 Å². The van der Waals surface area contributed by atoms with Gasteiger partial charge >= 0.3 is 0 Å². The zero-order valence-electron chi connectivity index (χ0n) is 12.9. The first kappa shape index (κ1) is 15.8. The van der Waals surface area contributed by atoms with Crippen molar-refractivity contribution in [3.63, 3.8) is 0 Å². The Morgan fingerprint density at radius 1 is 1.35 bits per heavy atom. The largest absolute Gasteiger partial charge is 0.493 e. The molecule has 0 amide bonds. The second-order valence-corrected chi connectivity index (χ2v) is 7.93. The number of benzene rings is 1. The van der Waals surface area contributed by atoms with Crippen LogP contribution in [0.5, 0.6) is 5.75 Å². The van der Waals surface area contributed by atoms with Crippen molar-refractivity contribution in [3.05, 3.63) is 27.7 Å². The molecule has 1 aromatic carbocycles. The molecule has 1 N–H and O–H groups in total. The highest BCUT2D eigenvalue weighted by atomic mass is 79.9. The quantitative estimate of drug-likeness (QED) is 0.882. The Morgan fingerprint density at radius 2 is 2.05 bits per heavy atom. The van der Waals surface area contributed by atoms with Gasteiger partial charge in [0.05, 0.1) is 12.7 Å². The number of hydrogen-bond acceptors (Lipinski definition) is 2. The zero-order chi connectivity index (χ0) is 14.9. The van der Waals surface area contributed by atoms with E-state index in [4.69, 9.17) is 4.74 Å². The fourth-order valence-electron chi connectivity index (χ4n) is 2.60. The van der Waals surface area contributed by atoms with Gasteiger partial charge in [-0.15, -0.1) is 0 Å². The van der Waals surface area contributed by atoms with Crippen LogP contribution in [0.1, 0.15) is 45.2 Å². The molecule has 2 unspecified atom stereocenters. The van der Waals surface area contributed by atoms with E-state index >= 15 is 0 Å². The van der Waals surface area contributed by atoms with Crippen LogP contribution >= 0.6 is 15.9 Å². The van der Waals surface area contributed by atoms with Gasteiger partial charge in [0.15, 0.2) is 0 Å². The molecule has 0 bridgehead atoms. The van der Waals surface area contributed by atoms with E-state index in [1.54, 1.807) is 0 Å². The van der Waals surface area contributed by atoms with Crippen molar-refractivity contribution < 1.29 is 9.84 Å². The summed E-state index contributed by atoms with van der Waals surface area (Å²) in [5.41, 5.74) is 2.61. The van der Waals surface area contributed by atoms with Crippen molar-refractivity contribution >= 4 is 15.9 Å². The molecule has 2 nitrogen and oxygen atoms in total. The van der Waals surface area contributed by atoms with Crippen LogP contribution in [0.15, 0.2) is 16.6 Å². The minimum atomic E-state index is -0.313. The predicted molar refractivity (Wildman–Crippen MR) is 86.3 cm³/mol. The molecule has 0 radical (unpaired) electrons. The van der Waals surface area contributed by atoms with Crippen LogP contribution in [0.2, 0.25) is 0 Å². The Labute approximate surface area is 130 Å². The molecular weight excluding hydrogens is 316 g/mol. The van der Waals surface area contributed by atoms with Crippen molar-refractivity contribution in [3.8, 4) is 5.75 Å². The Bertz CT molecular complexity index is 477. The fourth-order valence-corrected chi connectivity index (χ4v) is 3.15. The van der Waals surface area contributed by atoms with Crippen LogP contribution in [0, 0.1) is 11.3 Å². The summed E-state index contributed by atoms with van der Waals surface area (Å²) >= 11 is 3.55. The molecule has 20 heavy (non-hydrogen) atoms. The van der Waals surface area contributed by atoms with E-state index in [9.17, 15) is 5.11 Å². The Balaban J connectivity index is 2.07. The highest BCUT2D eigenvalue weighted by Gasteiger charge is 2.24. The lowest BCUT2D eigenvalue weighted by Crippen LogP contribution is -2.24. The van der Waals surface area contributed by atoms with E-state index in [2.05, 4.69) is 55.8 Å². The van der Waals surface area contributed by atoms with Gasteiger partial charge < -0.3 is 9.84 Å². The zero-order valence-corrected chi connectivity index (χ0v) is 14.5. The standard InChI is InChI=1S/C17H25BrO2/c1-11(17(2,3)4)7-15(19)10-13-9-14(18)8-12-5-6-20-16(12)13/h8-9,11,15,19H,5-7,10H2,1-4H3. The summed E-state index contributed by atoms with van der Waals surface area (Å²) in [6.07, 6.45) is 2.15. The fraction of sp³-hybridized carbons (Fsp3) is 0.647. The molecule has 3 heteroatoms. The van der Waals surface area contributed by atoms with Gasteiger partial charge in [0.2, 0.25) is 0 Å². The number of aliphatic hydroxyl groups excluding tert-OH is 1. The van der Waals surface area contributed by atoms with Gasteiger partial charge in [-0.2, -0.15) is 0 Å². The topological polar surface area (TPSA) is 29.5 Å². The average Bonchev–Trinajstić information content (AvgIpc) is 2.75. The summed E-state index contributed by atoms with van der Waals surface area (Å²) in [6, 6.07) is 4.20. The molecule has 0 saturated carbocycles. The third kappa shape index (κ3) is 3.76. The molecule has 0 spiro atoms. The van der Waals surface area contributed by atoms with Gasteiger partial charge in [-0.1, -0.05) is 43.6 Å². The molecule has 2 rings (SSSR count). The molecule has 0 aromatic heterocycles. The maximum Gasteiger partial charge on any atom is 0.125 e. The summed E-state index contributed by atoms with van der Waals surface area (Å²) in [5.74, 6) is 1.48. The highest BCUT2D eigenvalue weighted by Crippen LogP contribution is 2.35. The summed E-state index contributed by atoms with van der Waals surface area (Å²) in [5, 5.41) is 10.4. The van der Waals surface area contributed by atoms with Gasteiger partial charge in [-0.05, 0) is 41.0 Å². The van der Waals surface area contributed by atoms with Gasteiger partial charge in [-0.25, -0.2) is 0 Å². The normalized spacial score (nSPS) is 17.5. The van der Waals surface area contributed by atoms with E-state index in [0.717, 1.165) is 35.2 Å². The monoisotopic (exact) mass is 340 g/mol. The van der Waals surface area contributed by atoms with Crippen LogP contribution in [0.4, 0.5) is 0 Å². The van der Waals surface area contributed by atoms with E-state index in [0.29, 0.717) is 12.3 Å². The van der Waals surface area contributed by atoms with Crippen LogP contribution < -0.4 is 4.74 Å². The predicted octanol–water partition coefficient (Wildman–Crippen LogP) is 4.36. The third-order valence-electron chi connectivity index (χ3n) is 4.38. The molecule has 0 fully saturated rings. The number of hydrogen-bond donors (Lipinski definition) is 1. The van der Waals surface area contributed by atoms with Gasteiger partial charge in [0.25, 0.3) is 0 Å². The summed E-state index contributed by atoms with van der Waals surface area (Å²) in [7, 11) is 0. The molecule has 0 saturated heterocycles. The minimum Gasteiger partial charge on any atom is -0.493 e. The second kappa shape index (κ2) is 6.07. The lowest BCUT2D eigenvalue weighted by molar-refractivity contribution is 0.109. The minimum absolute atomic E-state index is 0.233. The first-order valence-corrected chi connectivity index (χ1v) is 8.19. The van der Waals surface area contributed by atoms with Gasteiger partial charge in [-0.3, -0.25) is 0 Å². The van der Waals surface area contributed by atoms with E-state index < -0.39 is 0 Å². The maximum atomic E-state index is 10.4. The van der Waals surface area contributed by atoms with E-state index in [1.807, 2.05) is 0 Å². The van der Waals surface area contributed by atoms with Crippen LogP contribution in [-0.4, -0.2) is 17.8 Å². The molecule has 1 aromatic rings. The summed E-state index contributed by atoms with van der Waals surface area (Å²) < 4.78 is 6.80. The smallest absolute Gasteiger partial charge is 0.125 e. The van der Waals surface area contributed by atoms with Gasteiger partial charge in [0, 0.05) is 17.3 Å². The number of fused-ring (bicyclic) bond motifs is 1. The Kier molecular flexibility index (Phi) is 4.80.